The number of hydrogen-bond donors (Lipinski definition) is 2. The molecule has 0 spiro atoms. The lowest BCUT2D eigenvalue weighted by molar-refractivity contribution is -0.116. The molecular weight excluding hydrogens is 356 g/mol. The molecule has 1 aliphatic rings. The van der Waals surface area contributed by atoms with E-state index in [0.29, 0.717) is 12.1 Å². The molecule has 25 heavy (non-hydrogen) atoms. The minimum Gasteiger partial charge on any atom is -0.325 e. The predicted molar refractivity (Wildman–Crippen MR) is 100 cm³/mol. The zero-order chi connectivity index (χ0) is 18.0. The first kappa shape index (κ1) is 18.0. The molecule has 132 valence electrons. The molecule has 0 radical (unpaired) electrons. The highest BCUT2D eigenvalue weighted by Gasteiger charge is 2.22. The number of nitrogens with one attached hydrogen (secondary N) is 2. The minimum absolute atomic E-state index is 0.0963. The highest BCUT2D eigenvalue weighted by atomic mass is 32.2. The van der Waals surface area contributed by atoms with Crippen molar-refractivity contribution >= 4 is 33.4 Å². The van der Waals surface area contributed by atoms with Crippen LogP contribution in [0.15, 0.2) is 52.3 Å². The smallest absolute Gasteiger partial charge is 0.240 e. The van der Waals surface area contributed by atoms with Gasteiger partial charge in [0.1, 0.15) is 0 Å². The summed E-state index contributed by atoms with van der Waals surface area (Å²) in [5.74, 6) is -0.0963. The summed E-state index contributed by atoms with van der Waals surface area (Å²) >= 11 is 1.57. The van der Waals surface area contributed by atoms with Crippen molar-refractivity contribution < 1.29 is 13.2 Å². The van der Waals surface area contributed by atoms with Crippen LogP contribution in [0.25, 0.3) is 0 Å². The summed E-state index contributed by atoms with van der Waals surface area (Å²) in [4.78, 5) is 12.9. The van der Waals surface area contributed by atoms with Gasteiger partial charge in [-0.3, -0.25) is 4.79 Å². The molecule has 1 atom stereocenters. The summed E-state index contributed by atoms with van der Waals surface area (Å²) in [5, 5.41) is 2.95. The maximum absolute atomic E-state index is 12.6. The molecule has 0 unspecified atom stereocenters. The molecule has 3 rings (SSSR count). The summed E-state index contributed by atoms with van der Waals surface area (Å²) < 4.78 is 27.8. The molecule has 0 saturated carbocycles. The average Bonchev–Trinajstić information content (AvgIpc) is 2.68. The zero-order valence-corrected chi connectivity index (χ0v) is 15.7. The molecule has 0 aliphatic carbocycles. The van der Waals surface area contributed by atoms with Gasteiger partial charge in [0.25, 0.3) is 0 Å². The number of sulfonamides is 1. The lowest BCUT2D eigenvalue weighted by atomic mass is 10.1. The third-order valence-corrected chi connectivity index (χ3v) is 6.46. The van der Waals surface area contributed by atoms with Crippen LogP contribution in [-0.2, 0) is 21.4 Å². The van der Waals surface area contributed by atoms with Gasteiger partial charge in [0.15, 0.2) is 0 Å². The average molecular weight is 377 g/mol. The largest absolute Gasteiger partial charge is 0.325 e. The molecule has 0 bridgehead atoms. The van der Waals surface area contributed by atoms with Crippen LogP contribution in [0, 0.1) is 6.92 Å². The van der Waals surface area contributed by atoms with E-state index in [4.69, 9.17) is 0 Å². The SMILES string of the molecule is Cc1cccc(CNS(=O)(=O)c2ccc3c(c2)NC(=O)C[C@H](C)S3)c1. The number of carbonyl (C=O) groups is 1. The van der Waals surface area contributed by atoms with Crippen LogP contribution in [0.5, 0.6) is 0 Å². The number of aryl methyl sites for hydroxylation is 1. The Morgan fingerprint density at radius 3 is 2.80 bits per heavy atom. The Morgan fingerprint density at radius 2 is 2.04 bits per heavy atom. The molecule has 5 nitrogen and oxygen atoms in total. The monoisotopic (exact) mass is 376 g/mol. The number of thioether (sulfide) groups is 1. The number of amides is 1. The topological polar surface area (TPSA) is 75.3 Å². The van der Waals surface area contributed by atoms with Gasteiger partial charge in [-0.25, -0.2) is 13.1 Å². The normalized spacial score (nSPS) is 17.5. The lowest BCUT2D eigenvalue weighted by Gasteiger charge is -2.11. The number of hydrogen-bond acceptors (Lipinski definition) is 4. The van der Waals surface area contributed by atoms with Crippen LogP contribution < -0.4 is 10.0 Å². The van der Waals surface area contributed by atoms with Gasteiger partial charge < -0.3 is 5.32 Å². The Balaban J connectivity index is 1.82. The molecule has 2 aromatic carbocycles. The molecule has 0 aromatic heterocycles. The summed E-state index contributed by atoms with van der Waals surface area (Å²) in [5.41, 5.74) is 2.53. The Hall–Kier alpha value is -1.83. The standard InChI is InChI=1S/C18H20N2O3S2/c1-12-4-3-5-14(8-12)11-19-25(22,23)15-6-7-17-16(10-15)20-18(21)9-13(2)24-17/h3-8,10,13,19H,9,11H2,1-2H3,(H,20,21)/t13-/m0/s1. The van der Waals surface area contributed by atoms with Crippen LogP contribution in [0.4, 0.5) is 5.69 Å². The van der Waals surface area contributed by atoms with Crippen molar-refractivity contribution in [1.29, 1.82) is 0 Å². The highest BCUT2D eigenvalue weighted by Crippen LogP contribution is 2.36. The third-order valence-electron chi connectivity index (χ3n) is 3.89. The van der Waals surface area contributed by atoms with Crippen molar-refractivity contribution in [2.24, 2.45) is 0 Å². The zero-order valence-electron chi connectivity index (χ0n) is 14.1. The van der Waals surface area contributed by atoms with E-state index in [2.05, 4.69) is 10.0 Å². The fraction of sp³-hybridized carbons (Fsp3) is 0.278. The molecule has 2 N–H and O–H groups in total. The Kier molecular flexibility index (Phi) is 5.17. The van der Waals surface area contributed by atoms with Gasteiger partial charge in [-0.15, -0.1) is 11.8 Å². The van der Waals surface area contributed by atoms with E-state index in [1.54, 1.807) is 23.9 Å². The fourth-order valence-corrected chi connectivity index (χ4v) is 4.78. The van der Waals surface area contributed by atoms with E-state index in [1.807, 2.05) is 38.1 Å². The van der Waals surface area contributed by atoms with Crippen molar-refractivity contribution in [2.45, 2.75) is 41.9 Å². The van der Waals surface area contributed by atoms with Crippen molar-refractivity contribution in [2.75, 3.05) is 5.32 Å². The Morgan fingerprint density at radius 1 is 1.24 bits per heavy atom. The van der Waals surface area contributed by atoms with Gasteiger partial charge in [0.05, 0.1) is 10.6 Å². The van der Waals surface area contributed by atoms with Crippen molar-refractivity contribution in [3.63, 3.8) is 0 Å². The van der Waals surface area contributed by atoms with Crippen molar-refractivity contribution in [3.8, 4) is 0 Å². The summed E-state index contributed by atoms with van der Waals surface area (Å²) in [6.07, 6.45) is 0.410. The van der Waals surface area contributed by atoms with Crippen molar-refractivity contribution in [3.05, 3.63) is 53.6 Å². The first-order valence-corrected chi connectivity index (χ1v) is 10.4. The van der Waals surface area contributed by atoms with E-state index in [0.717, 1.165) is 16.0 Å². The lowest BCUT2D eigenvalue weighted by Crippen LogP contribution is -2.23. The number of benzene rings is 2. The molecule has 1 aliphatic heterocycles. The summed E-state index contributed by atoms with van der Waals surface area (Å²) in [6.45, 7) is 4.17. The second-order valence-electron chi connectivity index (χ2n) is 6.15. The van der Waals surface area contributed by atoms with Gasteiger partial charge in [0.2, 0.25) is 15.9 Å². The van der Waals surface area contributed by atoms with Gasteiger partial charge in [-0.05, 0) is 30.7 Å². The Bertz CT molecular complexity index is 910. The predicted octanol–water partition coefficient (Wildman–Crippen LogP) is 3.30. The minimum atomic E-state index is -3.66. The molecule has 0 saturated heterocycles. The second kappa shape index (κ2) is 7.19. The first-order chi connectivity index (χ1) is 11.8. The van der Waals surface area contributed by atoms with E-state index in [9.17, 15) is 13.2 Å². The molecule has 1 heterocycles. The fourth-order valence-electron chi connectivity index (χ4n) is 2.68. The molecule has 7 heteroatoms. The van der Waals surface area contributed by atoms with Crippen LogP contribution in [0.1, 0.15) is 24.5 Å². The summed E-state index contributed by atoms with van der Waals surface area (Å²) in [6, 6.07) is 12.5. The number of anilines is 1. The maximum Gasteiger partial charge on any atom is 0.240 e. The molecule has 0 fully saturated rings. The van der Waals surface area contributed by atoms with Crippen LogP contribution in [-0.4, -0.2) is 19.6 Å². The Labute approximate surface area is 152 Å². The highest BCUT2D eigenvalue weighted by molar-refractivity contribution is 8.00. The van der Waals surface area contributed by atoms with Gasteiger partial charge in [0, 0.05) is 23.1 Å². The van der Waals surface area contributed by atoms with E-state index in [1.165, 1.54) is 6.07 Å². The van der Waals surface area contributed by atoms with E-state index < -0.39 is 10.0 Å². The van der Waals surface area contributed by atoms with E-state index in [-0.39, 0.29) is 22.6 Å². The van der Waals surface area contributed by atoms with Gasteiger partial charge in [-0.2, -0.15) is 0 Å². The molecular formula is C18H20N2O3S2. The number of rotatable bonds is 4. The van der Waals surface area contributed by atoms with Crippen LogP contribution in [0.3, 0.4) is 0 Å². The van der Waals surface area contributed by atoms with Crippen molar-refractivity contribution in [1.82, 2.24) is 4.72 Å². The quantitative estimate of drug-likeness (QED) is 0.859. The maximum atomic E-state index is 12.6. The second-order valence-corrected chi connectivity index (χ2v) is 9.40. The molecule has 2 aromatic rings. The number of fused-ring (bicyclic) bond motifs is 1. The van der Waals surface area contributed by atoms with Gasteiger partial charge >= 0.3 is 0 Å². The first-order valence-electron chi connectivity index (χ1n) is 7.99. The third kappa shape index (κ3) is 4.42. The van der Waals surface area contributed by atoms with E-state index >= 15 is 0 Å². The van der Waals surface area contributed by atoms with Crippen LogP contribution in [0.2, 0.25) is 0 Å². The molecule has 1 amide bonds. The number of carbonyl (C=O) groups excluding carboxylic acids is 1. The van der Waals surface area contributed by atoms with Crippen LogP contribution >= 0.6 is 11.8 Å². The van der Waals surface area contributed by atoms with Gasteiger partial charge in [-0.1, -0.05) is 36.8 Å². The summed E-state index contributed by atoms with van der Waals surface area (Å²) in [7, 11) is -3.66.